The lowest BCUT2D eigenvalue weighted by atomic mass is 10.2. The van der Waals surface area contributed by atoms with Crippen molar-refractivity contribution in [2.75, 3.05) is 27.4 Å². The Morgan fingerprint density at radius 1 is 1.04 bits per heavy atom. The van der Waals surface area contributed by atoms with E-state index in [-0.39, 0.29) is 6.61 Å². The number of amides is 1. The minimum absolute atomic E-state index is 0.152. The number of carbonyl (C=O) groups is 2. The van der Waals surface area contributed by atoms with Gasteiger partial charge in [0.05, 0.1) is 32.6 Å². The maximum Gasteiger partial charge on any atom is 0.344 e. The molecule has 8 heteroatoms. The fourth-order valence-electron chi connectivity index (χ4n) is 2.21. The number of hydrogen-bond donors (Lipinski definition) is 1. The van der Waals surface area contributed by atoms with Crippen molar-refractivity contribution < 1.29 is 28.5 Å². The minimum Gasteiger partial charge on any atom is -0.497 e. The summed E-state index contributed by atoms with van der Waals surface area (Å²) < 4.78 is 20.4. The fourth-order valence-corrected chi connectivity index (χ4v) is 2.21. The molecule has 0 aliphatic carbocycles. The summed E-state index contributed by atoms with van der Waals surface area (Å²) in [5.74, 6) is 0.657. The molecule has 0 atom stereocenters. The molecule has 0 fully saturated rings. The van der Waals surface area contributed by atoms with Crippen molar-refractivity contribution in [3.8, 4) is 17.2 Å². The van der Waals surface area contributed by atoms with Gasteiger partial charge in [0.25, 0.3) is 5.91 Å². The molecule has 8 nitrogen and oxygen atoms in total. The van der Waals surface area contributed by atoms with Gasteiger partial charge in [-0.1, -0.05) is 0 Å². The van der Waals surface area contributed by atoms with Crippen molar-refractivity contribution in [1.29, 1.82) is 0 Å². The number of nitrogens with one attached hydrogen (secondary N) is 1. The molecule has 2 rings (SSSR count). The molecule has 148 valence electrons. The lowest BCUT2D eigenvalue weighted by Gasteiger charge is -2.09. The standard InChI is InChI=1S/C20H22N2O6/c1-4-27-19(23)13-28-15-7-5-14(6-8-15)12-21-22-20(24)17-10-9-16(25-2)11-18(17)26-3/h5-12H,4,13H2,1-3H3,(H,22,24). The highest BCUT2D eigenvalue weighted by Gasteiger charge is 2.12. The van der Waals surface area contributed by atoms with Crippen LogP contribution in [0.4, 0.5) is 0 Å². The topological polar surface area (TPSA) is 95.5 Å². The molecule has 0 aliphatic heterocycles. The molecule has 28 heavy (non-hydrogen) atoms. The maximum atomic E-state index is 12.3. The normalized spacial score (nSPS) is 10.4. The van der Waals surface area contributed by atoms with E-state index in [9.17, 15) is 9.59 Å². The third-order valence-corrected chi connectivity index (χ3v) is 3.58. The first-order chi connectivity index (χ1) is 13.6. The highest BCUT2D eigenvalue weighted by molar-refractivity contribution is 5.97. The number of carbonyl (C=O) groups excluding carboxylic acids is 2. The zero-order valence-corrected chi connectivity index (χ0v) is 15.9. The number of hydrogen-bond acceptors (Lipinski definition) is 7. The number of rotatable bonds is 9. The highest BCUT2D eigenvalue weighted by atomic mass is 16.6. The molecule has 0 saturated carbocycles. The molecule has 0 heterocycles. The quantitative estimate of drug-likeness (QED) is 0.404. The van der Waals surface area contributed by atoms with Crippen molar-refractivity contribution in [1.82, 2.24) is 5.43 Å². The van der Waals surface area contributed by atoms with Crippen molar-refractivity contribution >= 4 is 18.1 Å². The fraction of sp³-hybridized carbons (Fsp3) is 0.250. The summed E-state index contributed by atoms with van der Waals surface area (Å²) in [5.41, 5.74) is 3.52. The van der Waals surface area contributed by atoms with Crippen LogP contribution in [0.1, 0.15) is 22.8 Å². The maximum absolute atomic E-state index is 12.3. The largest absolute Gasteiger partial charge is 0.497 e. The molecule has 0 unspecified atom stereocenters. The van der Waals surface area contributed by atoms with E-state index in [0.717, 1.165) is 5.56 Å². The molecule has 2 aromatic carbocycles. The Kier molecular flexibility index (Phi) is 7.83. The van der Waals surface area contributed by atoms with Gasteiger partial charge in [-0.3, -0.25) is 4.79 Å². The molecular weight excluding hydrogens is 364 g/mol. The van der Waals surface area contributed by atoms with E-state index in [1.165, 1.54) is 20.4 Å². The SMILES string of the molecule is CCOC(=O)COc1ccc(C=NNC(=O)c2ccc(OC)cc2OC)cc1. The van der Waals surface area contributed by atoms with Gasteiger partial charge in [0, 0.05) is 6.07 Å². The Bertz CT molecular complexity index is 833. The highest BCUT2D eigenvalue weighted by Crippen LogP contribution is 2.24. The molecule has 0 radical (unpaired) electrons. The van der Waals surface area contributed by atoms with E-state index in [4.69, 9.17) is 18.9 Å². The summed E-state index contributed by atoms with van der Waals surface area (Å²) in [6.45, 7) is 1.89. The predicted molar refractivity (Wildman–Crippen MR) is 103 cm³/mol. The van der Waals surface area contributed by atoms with Gasteiger partial charge in [-0.15, -0.1) is 0 Å². The van der Waals surface area contributed by atoms with Crippen LogP contribution in [0.15, 0.2) is 47.6 Å². The summed E-state index contributed by atoms with van der Waals surface area (Å²) in [4.78, 5) is 23.5. The third kappa shape index (κ3) is 6.01. The van der Waals surface area contributed by atoms with Crippen molar-refractivity contribution in [2.24, 2.45) is 5.10 Å². The lowest BCUT2D eigenvalue weighted by molar-refractivity contribution is -0.145. The lowest BCUT2D eigenvalue weighted by Crippen LogP contribution is -2.18. The van der Waals surface area contributed by atoms with Crippen LogP contribution < -0.4 is 19.6 Å². The molecule has 0 saturated heterocycles. The number of methoxy groups -OCH3 is 2. The van der Waals surface area contributed by atoms with Crippen LogP contribution in [-0.4, -0.2) is 45.5 Å². The van der Waals surface area contributed by atoms with Crippen LogP contribution in [0.3, 0.4) is 0 Å². The van der Waals surface area contributed by atoms with Crippen LogP contribution in [0, 0.1) is 0 Å². The second kappa shape index (κ2) is 10.6. The van der Waals surface area contributed by atoms with Crippen LogP contribution >= 0.6 is 0 Å². The van der Waals surface area contributed by atoms with Gasteiger partial charge in [0.1, 0.15) is 17.2 Å². The van der Waals surface area contributed by atoms with Gasteiger partial charge in [0.2, 0.25) is 0 Å². The van der Waals surface area contributed by atoms with E-state index < -0.39 is 11.9 Å². The number of ether oxygens (including phenoxy) is 4. The summed E-state index contributed by atoms with van der Waals surface area (Å²) >= 11 is 0. The van der Waals surface area contributed by atoms with Gasteiger partial charge >= 0.3 is 5.97 Å². The number of hydrazone groups is 1. The summed E-state index contributed by atoms with van der Waals surface area (Å²) in [6.07, 6.45) is 1.49. The Morgan fingerprint density at radius 2 is 1.75 bits per heavy atom. The zero-order chi connectivity index (χ0) is 20.4. The number of benzene rings is 2. The second-order valence-corrected chi connectivity index (χ2v) is 5.43. The van der Waals surface area contributed by atoms with Crippen LogP contribution in [0.2, 0.25) is 0 Å². The van der Waals surface area contributed by atoms with Crippen LogP contribution in [0.5, 0.6) is 17.2 Å². The summed E-state index contributed by atoms with van der Waals surface area (Å²) in [6, 6.07) is 11.7. The average Bonchev–Trinajstić information content (AvgIpc) is 2.72. The van der Waals surface area contributed by atoms with E-state index in [1.54, 1.807) is 49.4 Å². The predicted octanol–water partition coefficient (Wildman–Crippen LogP) is 2.41. The van der Waals surface area contributed by atoms with Gasteiger partial charge in [-0.2, -0.15) is 5.10 Å². The Hall–Kier alpha value is -3.55. The van der Waals surface area contributed by atoms with Gasteiger partial charge in [-0.25, -0.2) is 10.2 Å². The van der Waals surface area contributed by atoms with Crippen LogP contribution in [0.25, 0.3) is 0 Å². The van der Waals surface area contributed by atoms with E-state index in [0.29, 0.717) is 29.4 Å². The minimum atomic E-state index is -0.426. The molecule has 1 amide bonds. The zero-order valence-electron chi connectivity index (χ0n) is 15.9. The smallest absolute Gasteiger partial charge is 0.344 e. The molecule has 0 aliphatic rings. The first kappa shape index (κ1) is 20.8. The molecular formula is C20H22N2O6. The average molecular weight is 386 g/mol. The number of esters is 1. The molecule has 0 bridgehead atoms. The van der Waals surface area contributed by atoms with Gasteiger partial charge in [-0.05, 0) is 48.9 Å². The first-order valence-corrected chi connectivity index (χ1v) is 8.51. The second-order valence-electron chi connectivity index (χ2n) is 5.43. The number of nitrogens with zero attached hydrogens (tertiary/aromatic N) is 1. The first-order valence-electron chi connectivity index (χ1n) is 8.51. The van der Waals surface area contributed by atoms with Crippen molar-refractivity contribution in [3.63, 3.8) is 0 Å². The summed E-state index contributed by atoms with van der Waals surface area (Å²) in [7, 11) is 3.01. The third-order valence-electron chi connectivity index (χ3n) is 3.58. The van der Waals surface area contributed by atoms with Gasteiger partial charge in [0.15, 0.2) is 6.61 Å². The van der Waals surface area contributed by atoms with E-state index in [1.807, 2.05) is 0 Å². The Balaban J connectivity index is 1.92. The monoisotopic (exact) mass is 386 g/mol. The molecule has 1 N–H and O–H groups in total. The Morgan fingerprint density at radius 3 is 2.39 bits per heavy atom. The van der Waals surface area contributed by atoms with Crippen LogP contribution in [-0.2, 0) is 9.53 Å². The summed E-state index contributed by atoms with van der Waals surface area (Å²) in [5, 5.41) is 3.94. The van der Waals surface area contributed by atoms with Crippen molar-refractivity contribution in [3.05, 3.63) is 53.6 Å². The molecule has 0 spiro atoms. The van der Waals surface area contributed by atoms with Crippen molar-refractivity contribution in [2.45, 2.75) is 6.92 Å². The van der Waals surface area contributed by atoms with Gasteiger partial charge < -0.3 is 18.9 Å². The Labute approximate surface area is 163 Å². The molecule has 0 aromatic heterocycles. The van der Waals surface area contributed by atoms with E-state index in [2.05, 4.69) is 10.5 Å². The molecule has 2 aromatic rings. The van der Waals surface area contributed by atoms with E-state index >= 15 is 0 Å².